The first-order chi connectivity index (χ1) is 5.79. The zero-order valence-electron chi connectivity index (χ0n) is 7.12. The molecule has 0 aliphatic heterocycles. The van der Waals surface area contributed by atoms with Crippen molar-refractivity contribution in [3.63, 3.8) is 0 Å². The van der Waals surface area contributed by atoms with Crippen LogP contribution in [-0.2, 0) is 6.42 Å². The van der Waals surface area contributed by atoms with E-state index in [0.717, 1.165) is 25.2 Å². The van der Waals surface area contributed by atoms with Crippen LogP contribution in [0.2, 0.25) is 0 Å². The highest BCUT2D eigenvalue weighted by molar-refractivity contribution is 5.77. The molecule has 5 nitrogen and oxygen atoms in total. The molecule has 0 saturated heterocycles. The number of hydrogen-bond acceptors (Lipinski definition) is 3. The van der Waals surface area contributed by atoms with Gasteiger partial charge in [-0.2, -0.15) is 5.10 Å². The predicted octanol–water partition coefficient (Wildman–Crippen LogP) is 0.114. The van der Waals surface area contributed by atoms with Crippen molar-refractivity contribution in [2.75, 3.05) is 6.54 Å². The van der Waals surface area contributed by atoms with E-state index in [1.807, 2.05) is 0 Å². The summed E-state index contributed by atoms with van der Waals surface area (Å²) in [4.78, 5) is 8.04. The van der Waals surface area contributed by atoms with Crippen molar-refractivity contribution >= 4 is 5.84 Å². The molecule has 1 aromatic rings. The van der Waals surface area contributed by atoms with Gasteiger partial charge >= 0.3 is 0 Å². The van der Waals surface area contributed by atoms with Gasteiger partial charge in [-0.05, 0) is 13.3 Å². The smallest absolute Gasteiger partial charge is 0.137 e. The average molecular weight is 167 g/mol. The van der Waals surface area contributed by atoms with Crippen molar-refractivity contribution in [1.82, 2.24) is 15.2 Å². The summed E-state index contributed by atoms with van der Waals surface area (Å²) in [5.41, 5.74) is 5.37. The Kier molecular flexibility index (Phi) is 3.25. The zero-order valence-corrected chi connectivity index (χ0v) is 7.12. The number of nitrogens with two attached hydrogens (primary N) is 1. The second kappa shape index (κ2) is 4.48. The summed E-state index contributed by atoms with van der Waals surface area (Å²) in [5.74, 6) is 1.53. The average Bonchev–Trinajstić information content (AvgIpc) is 2.49. The minimum absolute atomic E-state index is 0.632. The molecule has 0 fully saturated rings. The summed E-state index contributed by atoms with van der Waals surface area (Å²) < 4.78 is 0. The van der Waals surface area contributed by atoms with Gasteiger partial charge in [0.1, 0.15) is 12.2 Å². The Hall–Kier alpha value is -1.39. The molecule has 0 amide bonds. The van der Waals surface area contributed by atoms with Gasteiger partial charge in [0, 0.05) is 13.0 Å². The van der Waals surface area contributed by atoms with Gasteiger partial charge in [0.2, 0.25) is 0 Å². The zero-order chi connectivity index (χ0) is 8.81. The molecule has 12 heavy (non-hydrogen) atoms. The molecule has 0 unspecified atom stereocenters. The fourth-order valence-electron chi connectivity index (χ4n) is 0.853. The molecule has 0 radical (unpaired) electrons. The molecular formula is C7H13N5. The van der Waals surface area contributed by atoms with E-state index in [-0.39, 0.29) is 0 Å². The first-order valence-electron chi connectivity index (χ1n) is 3.90. The van der Waals surface area contributed by atoms with Crippen LogP contribution in [0.25, 0.3) is 0 Å². The first kappa shape index (κ1) is 8.70. The Morgan fingerprint density at radius 3 is 3.17 bits per heavy atom. The highest BCUT2D eigenvalue weighted by atomic mass is 15.2. The Balaban J connectivity index is 2.16. The minimum Gasteiger partial charge on any atom is -0.388 e. The third-order valence-corrected chi connectivity index (χ3v) is 1.40. The Labute approximate surface area is 71.1 Å². The lowest BCUT2D eigenvalue weighted by Crippen LogP contribution is -2.06. The monoisotopic (exact) mass is 167 g/mol. The highest BCUT2D eigenvalue weighted by Crippen LogP contribution is 1.92. The number of aliphatic imine (C=N–C) groups is 1. The summed E-state index contributed by atoms with van der Waals surface area (Å²) in [6.45, 7) is 2.54. The van der Waals surface area contributed by atoms with Crippen LogP contribution in [0.15, 0.2) is 11.3 Å². The number of nitrogens with zero attached hydrogens (tertiary/aromatic N) is 3. The molecule has 3 N–H and O–H groups in total. The van der Waals surface area contributed by atoms with Crippen LogP contribution in [-0.4, -0.2) is 27.6 Å². The van der Waals surface area contributed by atoms with Crippen molar-refractivity contribution in [3.8, 4) is 0 Å². The summed E-state index contributed by atoms with van der Waals surface area (Å²) in [5, 5.41) is 6.52. The number of aromatic nitrogens is 3. The molecule has 66 valence electrons. The highest BCUT2D eigenvalue weighted by Gasteiger charge is 1.93. The molecule has 1 rings (SSSR count). The van der Waals surface area contributed by atoms with Gasteiger partial charge in [0.15, 0.2) is 0 Å². The van der Waals surface area contributed by atoms with Crippen molar-refractivity contribution < 1.29 is 0 Å². The summed E-state index contributed by atoms with van der Waals surface area (Å²) in [7, 11) is 0. The normalized spacial score (nSPS) is 11.9. The number of H-pyrrole nitrogens is 1. The molecule has 1 heterocycles. The number of amidine groups is 1. The predicted molar refractivity (Wildman–Crippen MR) is 46.9 cm³/mol. The molecule has 0 bridgehead atoms. The quantitative estimate of drug-likeness (QED) is 0.379. The second-order valence-corrected chi connectivity index (χ2v) is 2.56. The largest absolute Gasteiger partial charge is 0.388 e. The number of aromatic amines is 1. The standard InChI is InChI=1S/C7H13N5/c1-6(8)9-4-2-3-7-10-5-11-12-7/h5H,2-4H2,1H3,(H2,8,9)(H,10,11,12). The van der Waals surface area contributed by atoms with E-state index in [9.17, 15) is 0 Å². The van der Waals surface area contributed by atoms with Crippen molar-refractivity contribution in [2.24, 2.45) is 10.7 Å². The maximum atomic E-state index is 5.37. The van der Waals surface area contributed by atoms with Crippen LogP contribution in [0.3, 0.4) is 0 Å². The van der Waals surface area contributed by atoms with E-state index in [1.54, 1.807) is 6.92 Å². The lowest BCUT2D eigenvalue weighted by Gasteiger charge is -1.93. The van der Waals surface area contributed by atoms with E-state index >= 15 is 0 Å². The topological polar surface area (TPSA) is 79.9 Å². The maximum Gasteiger partial charge on any atom is 0.137 e. The molecule has 5 heteroatoms. The minimum atomic E-state index is 0.632. The van der Waals surface area contributed by atoms with E-state index in [0.29, 0.717) is 5.84 Å². The van der Waals surface area contributed by atoms with Gasteiger partial charge in [0.25, 0.3) is 0 Å². The van der Waals surface area contributed by atoms with E-state index in [1.165, 1.54) is 6.33 Å². The van der Waals surface area contributed by atoms with Gasteiger partial charge < -0.3 is 5.73 Å². The summed E-state index contributed by atoms with van der Waals surface area (Å²) in [6.07, 6.45) is 3.33. The van der Waals surface area contributed by atoms with E-state index in [4.69, 9.17) is 5.73 Å². The van der Waals surface area contributed by atoms with Crippen LogP contribution in [0.5, 0.6) is 0 Å². The number of hydrogen-bond donors (Lipinski definition) is 2. The SMILES string of the molecule is CC(N)=NCCCc1ncn[nH]1. The molecule has 0 aliphatic carbocycles. The lowest BCUT2D eigenvalue weighted by molar-refractivity contribution is 0.785. The van der Waals surface area contributed by atoms with E-state index < -0.39 is 0 Å². The van der Waals surface area contributed by atoms with Crippen LogP contribution >= 0.6 is 0 Å². The number of nitrogens with one attached hydrogen (secondary N) is 1. The van der Waals surface area contributed by atoms with Gasteiger partial charge in [-0.3, -0.25) is 10.1 Å². The van der Waals surface area contributed by atoms with Crippen molar-refractivity contribution in [1.29, 1.82) is 0 Å². The fraction of sp³-hybridized carbons (Fsp3) is 0.571. The molecule has 0 saturated carbocycles. The fourth-order valence-corrected chi connectivity index (χ4v) is 0.853. The summed E-state index contributed by atoms with van der Waals surface area (Å²) in [6, 6.07) is 0. The Morgan fingerprint density at radius 1 is 1.75 bits per heavy atom. The van der Waals surface area contributed by atoms with Gasteiger partial charge in [0.05, 0.1) is 5.84 Å². The molecule has 0 aromatic carbocycles. The van der Waals surface area contributed by atoms with Crippen LogP contribution in [0.1, 0.15) is 19.2 Å². The lowest BCUT2D eigenvalue weighted by atomic mass is 10.3. The van der Waals surface area contributed by atoms with Gasteiger partial charge in [-0.15, -0.1) is 0 Å². The summed E-state index contributed by atoms with van der Waals surface area (Å²) >= 11 is 0. The van der Waals surface area contributed by atoms with Crippen LogP contribution in [0.4, 0.5) is 0 Å². The molecule has 1 aromatic heterocycles. The van der Waals surface area contributed by atoms with Crippen molar-refractivity contribution in [3.05, 3.63) is 12.2 Å². The first-order valence-corrected chi connectivity index (χ1v) is 3.90. The third-order valence-electron chi connectivity index (χ3n) is 1.40. The maximum absolute atomic E-state index is 5.37. The third kappa shape index (κ3) is 3.14. The van der Waals surface area contributed by atoms with Crippen LogP contribution in [0, 0.1) is 0 Å². The van der Waals surface area contributed by atoms with Crippen LogP contribution < -0.4 is 5.73 Å². The van der Waals surface area contributed by atoms with Gasteiger partial charge in [-0.25, -0.2) is 4.98 Å². The molecule has 0 atom stereocenters. The molecule has 0 aliphatic rings. The molecule has 0 spiro atoms. The second-order valence-electron chi connectivity index (χ2n) is 2.56. The Morgan fingerprint density at radius 2 is 2.58 bits per heavy atom. The van der Waals surface area contributed by atoms with Gasteiger partial charge in [-0.1, -0.05) is 0 Å². The van der Waals surface area contributed by atoms with E-state index in [2.05, 4.69) is 20.2 Å². The molecular weight excluding hydrogens is 154 g/mol. The number of aryl methyl sites for hydroxylation is 1. The Bertz CT molecular complexity index is 234. The number of rotatable bonds is 4. The van der Waals surface area contributed by atoms with Crippen molar-refractivity contribution in [2.45, 2.75) is 19.8 Å².